The molecule has 0 saturated heterocycles. The van der Waals surface area contributed by atoms with E-state index < -0.39 is 11.9 Å². The van der Waals surface area contributed by atoms with Crippen LogP contribution in [0.3, 0.4) is 0 Å². The highest BCUT2D eigenvalue weighted by atomic mass is 16.5. The zero-order valence-electron chi connectivity index (χ0n) is 5.31. The van der Waals surface area contributed by atoms with Gasteiger partial charge in [0, 0.05) is 19.2 Å². The van der Waals surface area contributed by atoms with Gasteiger partial charge in [-0.25, -0.2) is 9.86 Å². The molecule has 0 spiro atoms. The van der Waals surface area contributed by atoms with Crippen molar-refractivity contribution in [3.05, 3.63) is 12.2 Å². The number of carboxylic acid groups (broad SMARTS) is 1. The molecule has 0 aliphatic heterocycles. The van der Waals surface area contributed by atoms with Crippen LogP contribution in [0.1, 0.15) is 0 Å². The highest BCUT2D eigenvalue weighted by Gasteiger charge is 1.99. The molecule has 1 amide bonds. The Hall–Kier alpha value is -1.36. The first kappa shape index (κ1) is 8.64. The first-order chi connectivity index (χ1) is 4.54. The molecule has 0 aromatic rings. The fourth-order valence-corrected chi connectivity index (χ4v) is 0.250. The van der Waals surface area contributed by atoms with Crippen LogP contribution in [0.4, 0.5) is 0 Å². The molecule has 0 fully saturated rings. The van der Waals surface area contributed by atoms with E-state index >= 15 is 0 Å². The molecule has 0 unspecified atom stereocenters. The smallest absolute Gasteiger partial charge is 0.328 e. The summed E-state index contributed by atoms with van der Waals surface area (Å²) < 4.78 is 0. The van der Waals surface area contributed by atoms with Crippen LogP contribution in [0.5, 0.6) is 0 Å². The van der Waals surface area contributed by atoms with Crippen LogP contribution in [0, 0.1) is 0 Å². The van der Waals surface area contributed by atoms with Gasteiger partial charge in [-0.05, 0) is 0 Å². The summed E-state index contributed by atoms with van der Waals surface area (Å²) in [5.74, 6) is -2.00. The average Bonchev–Trinajstić information content (AvgIpc) is 1.82. The van der Waals surface area contributed by atoms with Crippen LogP contribution in [0.2, 0.25) is 0 Å². The Morgan fingerprint density at radius 2 is 1.90 bits per heavy atom. The van der Waals surface area contributed by atoms with Gasteiger partial charge >= 0.3 is 5.97 Å². The van der Waals surface area contributed by atoms with Crippen LogP contribution < -0.4 is 0 Å². The summed E-state index contributed by atoms with van der Waals surface area (Å²) in [4.78, 5) is 20.2. The lowest BCUT2D eigenvalue weighted by Crippen LogP contribution is -2.19. The minimum Gasteiger partial charge on any atom is -0.478 e. The first-order valence-electron chi connectivity index (χ1n) is 2.41. The highest BCUT2D eigenvalue weighted by molar-refractivity contribution is 5.93. The largest absolute Gasteiger partial charge is 0.478 e. The number of carboxylic acids is 1. The minimum atomic E-state index is -1.23. The monoisotopic (exact) mass is 145 g/mol. The van der Waals surface area contributed by atoms with Crippen molar-refractivity contribution >= 4 is 11.9 Å². The summed E-state index contributed by atoms with van der Waals surface area (Å²) in [5, 5.41) is 16.7. The Bertz CT molecular complexity index is 172. The van der Waals surface area contributed by atoms with Crippen LogP contribution in [-0.2, 0) is 9.59 Å². The van der Waals surface area contributed by atoms with Crippen molar-refractivity contribution in [1.82, 2.24) is 5.06 Å². The average molecular weight is 145 g/mol. The van der Waals surface area contributed by atoms with Crippen LogP contribution in [-0.4, -0.2) is 34.3 Å². The summed E-state index contributed by atoms with van der Waals surface area (Å²) >= 11 is 0. The number of carbonyl (C=O) groups is 2. The number of hydrogen-bond donors (Lipinski definition) is 2. The maximum absolute atomic E-state index is 10.4. The predicted octanol–water partition coefficient (Wildman–Crippen LogP) is -0.525. The zero-order valence-corrected chi connectivity index (χ0v) is 5.31. The number of aliphatic carboxylic acids is 1. The van der Waals surface area contributed by atoms with Crippen molar-refractivity contribution in [3.8, 4) is 0 Å². The normalized spacial score (nSPS) is 9.80. The van der Waals surface area contributed by atoms with Gasteiger partial charge in [-0.15, -0.1) is 0 Å². The number of carbonyl (C=O) groups excluding carboxylic acids is 1. The van der Waals surface area contributed by atoms with E-state index in [1.165, 1.54) is 0 Å². The van der Waals surface area contributed by atoms with Gasteiger partial charge in [-0.2, -0.15) is 0 Å². The van der Waals surface area contributed by atoms with E-state index in [9.17, 15) is 9.59 Å². The summed E-state index contributed by atoms with van der Waals surface area (Å²) in [5.41, 5.74) is 0. The van der Waals surface area contributed by atoms with Crippen molar-refractivity contribution in [2.45, 2.75) is 0 Å². The van der Waals surface area contributed by atoms with Gasteiger partial charge in [0.1, 0.15) is 0 Å². The second-order valence-electron chi connectivity index (χ2n) is 1.53. The molecule has 0 aliphatic rings. The summed E-state index contributed by atoms with van der Waals surface area (Å²) in [7, 11) is 1.11. The molecule has 0 bridgehead atoms. The van der Waals surface area contributed by atoms with E-state index in [-0.39, 0.29) is 0 Å². The topological polar surface area (TPSA) is 77.8 Å². The SMILES string of the molecule is CN(O)C(=O)C=CC(=O)O. The van der Waals surface area contributed by atoms with Crippen molar-refractivity contribution in [2.75, 3.05) is 7.05 Å². The summed E-state index contributed by atoms with van der Waals surface area (Å²) in [6.45, 7) is 0. The molecule has 5 nitrogen and oxygen atoms in total. The molecular weight excluding hydrogens is 138 g/mol. The van der Waals surface area contributed by atoms with E-state index in [0.717, 1.165) is 13.1 Å². The lowest BCUT2D eigenvalue weighted by Gasteiger charge is -2.01. The van der Waals surface area contributed by atoms with Gasteiger partial charge in [0.25, 0.3) is 5.91 Å². The fourth-order valence-electron chi connectivity index (χ4n) is 0.250. The quantitative estimate of drug-likeness (QED) is 0.311. The number of rotatable bonds is 2. The van der Waals surface area contributed by atoms with Crippen LogP contribution in [0.15, 0.2) is 12.2 Å². The van der Waals surface area contributed by atoms with Crippen LogP contribution in [0.25, 0.3) is 0 Å². The molecule has 0 atom stereocenters. The van der Waals surface area contributed by atoms with Crippen molar-refractivity contribution < 1.29 is 19.9 Å². The maximum Gasteiger partial charge on any atom is 0.328 e. The van der Waals surface area contributed by atoms with E-state index in [2.05, 4.69) is 0 Å². The lowest BCUT2D eigenvalue weighted by molar-refractivity contribution is -0.153. The van der Waals surface area contributed by atoms with Gasteiger partial charge in [0.05, 0.1) is 0 Å². The van der Waals surface area contributed by atoms with Gasteiger partial charge in [-0.3, -0.25) is 10.0 Å². The Balaban J connectivity index is 3.90. The third kappa shape index (κ3) is 3.62. The van der Waals surface area contributed by atoms with Crippen molar-refractivity contribution in [3.63, 3.8) is 0 Å². The number of nitrogens with zero attached hydrogens (tertiary/aromatic N) is 1. The Labute approximate surface area is 57.1 Å². The first-order valence-corrected chi connectivity index (χ1v) is 2.41. The van der Waals surface area contributed by atoms with Crippen LogP contribution >= 0.6 is 0 Å². The number of hydroxylamine groups is 2. The predicted molar refractivity (Wildman–Crippen MR) is 31.3 cm³/mol. The molecule has 0 aliphatic carbocycles. The van der Waals surface area contributed by atoms with Crippen molar-refractivity contribution in [2.24, 2.45) is 0 Å². The summed E-state index contributed by atoms with van der Waals surface area (Å²) in [6.07, 6.45) is 1.40. The minimum absolute atomic E-state index is 0.291. The Kier molecular flexibility index (Phi) is 3.13. The number of likely N-dealkylation sites (N-methyl/N-ethyl adjacent to an activating group) is 1. The molecule has 0 heterocycles. The molecule has 0 radical (unpaired) electrons. The van der Waals surface area contributed by atoms with Gasteiger partial charge in [0.2, 0.25) is 0 Å². The molecule has 56 valence electrons. The molecule has 0 saturated carbocycles. The Morgan fingerprint density at radius 3 is 2.20 bits per heavy atom. The number of hydrogen-bond acceptors (Lipinski definition) is 3. The second kappa shape index (κ2) is 3.62. The number of amides is 1. The van der Waals surface area contributed by atoms with E-state index in [1.54, 1.807) is 0 Å². The molecule has 0 aromatic heterocycles. The maximum atomic E-state index is 10.4. The standard InChI is InChI=1S/C5H7NO4/c1-6(10)4(7)2-3-5(8)9/h2-3,10H,1H3,(H,8,9). The molecule has 5 heteroatoms. The third-order valence-electron chi connectivity index (χ3n) is 0.687. The van der Waals surface area contributed by atoms with Gasteiger partial charge < -0.3 is 5.11 Å². The third-order valence-corrected chi connectivity index (χ3v) is 0.687. The molecular formula is C5H7NO4. The highest BCUT2D eigenvalue weighted by Crippen LogP contribution is 1.80. The second-order valence-corrected chi connectivity index (χ2v) is 1.53. The summed E-state index contributed by atoms with van der Waals surface area (Å²) in [6, 6.07) is 0. The molecule has 2 N–H and O–H groups in total. The van der Waals surface area contributed by atoms with E-state index in [0.29, 0.717) is 11.1 Å². The fraction of sp³-hybridized carbons (Fsp3) is 0.200. The van der Waals surface area contributed by atoms with Crippen molar-refractivity contribution in [1.29, 1.82) is 0 Å². The van der Waals surface area contributed by atoms with E-state index in [4.69, 9.17) is 10.3 Å². The van der Waals surface area contributed by atoms with E-state index in [1.807, 2.05) is 0 Å². The Morgan fingerprint density at radius 1 is 1.40 bits per heavy atom. The zero-order chi connectivity index (χ0) is 8.15. The van der Waals surface area contributed by atoms with Gasteiger partial charge in [0.15, 0.2) is 0 Å². The molecule has 0 aromatic carbocycles. The molecule has 10 heavy (non-hydrogen) atoms. The van der Waals surface area contributed by atoms with Gasteiger partial charge in [-0.1, -0.05) is 0 Å². The lowest BCUT2D eigenvalue weighted by atomic mass is 10.5. The molecule has 0 rings (SSSR count).